The fraction of sp³-hybridized carbons (Fsp3) is 0.318. The van der Waals surface area contributed by atoms with Crippen molar-refractivity contribution in [3.63, 3.8) is 0 Å². The van der Waals surface area contributed by atoms with Crippen LogP contribution in [0.3, 0.4) is 0 Å². The summed E-state index contributed by atoms with van der Waals surface area (Å²) in [6.45, 7) is 3.07. The summed E-state index contributed by atoms with van der Waals surface area (Å²) in [7, 11) is 0. The van der Waals surface area contributed by atoms with Gasteiger partial charge in [-0.15, -0.1) is 0 Å². The number of rotatable bonds is 9. The predicted molar refractivity (Wildman–Crippen MR) is 110 cm³/mol. The van der Waals surface area contributed by atoms with Gasteiger partial charge in [-0.3, -0.25) is 9.59 Å². The molecule has 0 spiro atoms. The van der Waals surface area contributed by atoms with Gasteiger partial charge in [0.2, 0.25) is 11.8 Å². The largest absolute Gasteiger partial charge is 0.480 e. The van der Waals surface area contributed by atoms with E-state index in [1.165, 1.54) is 13.8 Å². The molecular formula is C22H27N3O4. The molecule has 2 amide bonds. The summed E-state index contributed by atoms with van der Waals surface area (Å²) in [5.74, 6) is -2.22. The van der Waals surface area contributed by atoms with Gasteiger partial charge < -0.3 is 21.5 Å². The lowest BCUT2D eigenvalue weighted by Gasteiger charge is -2.25. The molecule has 0 aromatic heterocycles. The standard InChI is InChI=1S/C22H27N3O4/c1-22(2,23)21(29)25-17(13-15-9-5-3-6-10-15)19(26)24-18(20(27)28)14-16-11-7-4-8-12-16/h3-12,17-18H,13-14,23H2,1-2H3,(H,24,26)(H,25,29)(H,27,28)/t17-,18-/m0/s1. The van der Waals surface area contributed by atoms with E-state index >= 15 is 0 Å². The minimum absolute atomic E-state index is 0.135. The van der Waals surface area contributed by atoms with Gasteiger partial charge in [0.05, 0.1) is 5.54 Å². The topological polar surface area (TPSA) is 122 Å². The third kappa shape index (κ3) is 7.04. The lowest BCUT2D eigenvalue weighted by Crippen LogP contribution is -2.58. The first kappa shape index (κ1) is 22.1. The Balaban J connectivity index is 2.17. The molecular weight excluding hydrogens is 370 g/mol. The van der Waals surface area contributed by atoms with Crippen LogP contribution in [-0.2, 0) is 27.2 Å². The maximum absolute atomic E-state index is 12.9. The van der Waals surface area contributed by atoms with Crippen LogP contribution in [0.1, 0.15) is 25.0 Å². The Morgan fingerprint density at radius 3 is 1.72 bits per heavy atom. The van der Waals surface area contributed by atoms with E-state index in [-0.39, 0.29) is 12.8 Å². The summed E-state index contributed by atoms with van der Waals surface area (Å²) in [4.78, 5) is 36.9. The molecule has 0 unspecified atom stereocenters. The van der Waals surface area contributed by atoms with Crippen LogP contribution < -0.4 is 16.4 Å². The van der Waals surface area contributed by atoms with Gasteiger partial charge in [-0.2, -0.15) is 0 Å². The monoisotopic (exact) mass is 397 g/mol. The summed E-state index contributed by atoms with van der Waals surface area (Å²) in [6.07, 6.45) is 0.350. The van der Waals surface area contributed by atoms with E-state index < -0.39 is 35.4 Å². The van der Waals surface area contributed by atoms with E-state index in [4.69, 9.17) is 5.73 Å². The summed E-state index contributed by atoms with van der Waals surface area (Å²) < 4.78 is 0. The molecule has 0 aliphatic heterocycles. The van der Waals surface area contributed by atoms with Crippen LogP contribution in [0, 0.1) is 0 Å². The average molecular weight is 397 g/mol. The molecule has 0 heterocycles. The van der Waals surface area contributed by atoms with Crippen LogP contribution in [0.5, 0.6) is 0 Å². The van der Waals surface area contributed by atoms with E-state index in [2.05, 4.69) is 10.6 Å². The van der Waals surface area contributed by atoms with Crippen molar-refractivity contribution in [3.8, 4) is 0 Å². The molecule has 2 aromatic carbocycles. The second kappa shape index (κ2) is 9.84. The number of nitrogens with two attached hydrogens (primary N) is 1. The minimum Gasteiger partial charge on any atom is -0.480 e. The van der Waals surface area contributed by atoms with Crippen LogP contribution in [0.15, 0.2) is 60.7 Å². The summed E-state index contributed by atoms with van der Waals surface area (Å²) in [6, 6.07) is 16.1. The number of amides is 2. The number of carboxylic acids is 1. The Morgan fingerprint density at radius 2 is 1.31 bits per heavy atom. The molecule has 0 saturated carbocycles. The van der Waals surface area contributed by atoms with Gasteiger partial charge in [-0.05, 0) is 25.0 Å². The highest BCUT2D eigenvalue weighted by Gasteiger charge is 2.30. The number of hydrogen-bond acceptors (Lipinski definition) is 4. The number of carboxylic acid groups (broad SMARTS) is 1. The maximum atomic E-state index is 12.9. The molecule has 0 aliphatic rings. The van der Waals surface area contributed by atoms with Crippen molar-refractivity contribution in [1.29, 1.82) is 0 Å². The highest BCUT2D eigenvalue weighted by Crippen LogP contribution is 2.08. The number of hydrogen-bond donors (Lipinski definition) is 4. The Kier molecular flexibility index (Phi) is 7.50. The third-order valence-corrected chi connectivity index (χ3v) is 4.39. The van der Waals surface area contributed by atoms with Crippen molar-refractivity contribution >= 4 is 17.8 Å². The van der Waals surface area contributed by atoms with Crippen LogP contribution in [0.2, 0.25) is 0 Å². The number of nitrogens with one attached hydrogen (secondary N) is 2. The Bertz CT molecular complexity index is 832. The van der Waals surface area contributed by atoms with Gasteiger partial charge in [0, 0.05) is 12.8 Å². The Labute approximate surface area is 170 Å². The van der Waals surface area contributed by atoms with Gasteiger partial charge in [-0.1, -0.05) is 60.7 Å². The molecule has 2 atom stereocenters. The molecule has 0 bridgehead atoms. The molecule has 0 aliphatic carbocycles. The van der Waals surface area contributed by atoms with Gasteiger partial charge in [-0.25, -0.2) is 4.79 Å². The summed E-state index contributed by atoms with van der Waals surface area (Å²) in [5, 5.41) is 14.7. The highest BCUT2D eigenvalue weighted by atomic mass is 16.4. The van der Waals surface area contributed by atoms with Crippen molar-refractivity contribution in [2.45, 2.75) is 44.3 Å². The molecule has 2 aromatic rings. The van der Waals surface area contributed by atoms with E-state index in [1.807, 2.05) is 36.4 Å². The lowest BCUT2D eigenvalue weighted by molar-refractivity contribution is -0.142. The third-order valence-electron chi connectivity index (χ3n) is 4.39. The summed E-state index contributed by atoms with van der Waals surface area (Å²) >= 11 is 0. The van der Waals surface area contributed by atoms with Crippen LogP contribution in [-0.4, -0.2) is 40.5 Å². The van der Waals surface area contributed by atoms with Crippen molar-refractivity contribution < 1.29 is 19.5 Å². The van der Waals surface area contributed by atoms with Crippen LogP contribution in [0.4, 0.5) is 0 Å². The average Bonchev–Trinajstić information content (AvgIpc) is 2.67. The smallest absolute Gasteiger partial charge is 0.326 e. The molecule has 0 radical (unpaired) electrons. The van der Waals surface area contributed by atoms with Crippen molar-refractivity contribution in [1.82, 2.24) is 10.6 Å². The fourth-order valence-corrected chi connectivity index (χ4v) is 2.73. The molecule has 7 nitrogen and oxygen atoms in total. The molecule has 0 fully saturated rings. The number of carbonyl (C=O) groups excluding carboxylic acids is 2. The minimum atomic E-state index is -1.18. The van der Waals surface area contributed by atoms with Crippen LogP contribution >= 0.6 is 0 Å². The molecule has 7 heteroatoms. The zero-order valence-corrected chi connectivity index (χ0v) is 16.6. The Hall–Kier alpha value is -3.19. The van der Waals surface area contributed by atoms with E-state index in [0.29, 0.717) is 0 Å². The first-order valence-electron chi connectivity index (χ1n) is 9.37. The van der Waals surface area contributed by atoms with E-state index in [9.17, 15) is 19.5 Å². The normalized spacial score (nSPS) is 13.2. The van der Waals surface area contributed by atoms with E-state index in [1.54, 1.807) is 24.3 Å². The van der Waals surface area contributed by atoms with Gasteiger partial charge >= 0.3 is 5.97 Å². The zero-order chi connectivity index (χ0) is 21.4. The van der Waals surface area contributed by atoms with Crippen molar-refractivity contribution in [2.24, 2.45) is 5.73 Å². The SMILES string of the molecule is CC(C)(N)C(=O)N[C@@H](Cc1ccccc1)C(=O)N[C@@H](Cc1ccccc1)C(=O)O. The van der Waals surface area contributed by atoms with Crippen LogP contribution in [0.25, 0.3) is 0 Å². The Morgan fingerprint density at radius 1 is 0.862 bits per heavy atom. The van der Waals surface area contributed by atoms with Crippen molar-refractivity contribution in [2.75, 3.05) is 0 Å². The number of aliphatic carboxylic acids is 1. The molecule has 0 saturated heterocycles. The van der Waals surface area contributed by atoms with Gasteiger partial charge in [0.1, 0.15) is 12.1 Å². The lowest BCUT2D eigenvalue weighted by atomic mass is 10.0. The first-order chi connectivity index (χ1) is 13.7. The zero-order valence-electron chi connectivity index (χ0n) is 16.6. The van der Waals surface area contributed by atoms with Gasteiger partial charge in [0.25, 0.3) is 0 Å². The molecule has 5 N–H and O–H groups in total. The van der Waals surface area contributed by atoms with Gasteiger partial charge in [0.15, 0.2) is 0 Å². The maximum Gasteiger partial charge on any atom is 0.326 e. The fourth-order valence-electron chi connectivity index (χ4n) is 2.73. The molecule has 2 rings (SSSR count). The molecule has 29 heavy (non-hydrogen) atoms. The van der Waals surface area contributed by atoms with Crippen molar-refractivity contribution in [3.05, 3.63) is 71.8 Å². The number of carbonyl (C=O) groups is 3. The quantitative estimate of drug-likeness (QED) is 0.508. The second-order valence-corrected chi connectivity index (χ2v) is 7.53. The highest BCUT2D eigenvalue weighted by molar-refractivity contribution is 5.93. The summed E-state index contributed by atoms with van der Waals surface area (Å²) in [5.41, 5.74) is 6.27. The second-order valence-electron chi connectivity index (χ2n) is 7.53. The van der Waals surface area contributed by atoms with E-state index in [0.717, 1.165) is 11.1 Å². The molecule has 154 valence electrons. The first-order valence-corrected chi connectivity index (χ1v) is 9.37. The predicted octanol–water partition coefficient (Wildman–Crippen LogP) is 1.26. The number of benzene rings is 2.